The van der Waals surface area contributed by atoms with Gasteiger partial charge in [0.2, 0.25) is 15.9 Å². The van der Waals surface area contributed by atoms with E-state index in [0.29, 0.717) is 60.1 Å². The average Bonchev–Trinajstić information content (AvgIpc) is 3.28. The molecule has 2 heterocycles. The summed E-state index contributed by atoms with van der Waals surface area (Å²) in [5, 5.41) is 5.09. The number of hydrogen-bond donors (Lipinski definition) is 2. The van der Waals surface area contributed by atoms with Crippen molar-refractivity contribution in [3.8, 4) is 0 Å². The number of hydrogen-bond acceptors (Lipinski definition) is 5. The van der Waals surface area contributed by atoms with Gasteiger partial charge in [0.05, 0.1) is 0 Å². The number of nitrogens with one attached hydrogen (secondary N) is 2. The fraction of sp³-hybridized carbons (Fsp3) is 0.400. The quantitative estimate of drug-likeness (QED) is 0.581. The second-order valence-electron chi connectivity index (χ2n) is 7.07. The van der Waals surface area contributed by atoms with E-state index in [1.807, 2.05) is 0 Å². The third-order valence-electron chi connectivity index (χ3n) is 4.89. The minimum Gasteiger partial charge on any atom is -0.352 e. The zero-order valence-corrected chi connectivity index (χ0v) is 18.7. The van der Waals surface area contributed by atoms with Crippen LogP contribution >= 0.6 is 22.9 Å². The van der Waals surface area contributed by atoms with E-state index in [1.165, 1.54) is 11.3 Å². The van der Waals surface area contributed by atoms with Gasteiger partial charge in [0.15, 0.2) is 0 Å². The van der Waals surface area contributed by atoms with Gasteiger partial charge in [-0.25, -0.2) is 13.1 Å². The van der Waals surface area contributed by atoms with Crippen LogP contribution in [-0.4, -0.2) is 50.8 Å². The highest BCUT2D eigenvalue weighted by Gasteiger charge is 2.26. The van der Waals surface area contributed by atoms with E-state index >= 15 is 0 Å². The molecule has 0 saturated carbocycles. The van der Waals surface area contributed by atoms with Gasteiger partial charge in [0.25, 0.3) is 5.91 Å². The number of carbonyl (C=O) groups excluding carboxylic acids is 2. The number of piperidine rings is 1. The molecule has 1 aromatic heterocycles. The van der Waals surface area contributed by atoms with Crippen LogP contribution in [-0.2, 0) is 14.8 Å². The Morgan fingerprint density at radius 3 is 2.47 bits per heavy atom. The Kier molecular flexibility index (Phi) is 7.87. The van der Waals surface area contributed by atoms with Gasteiger partial charge >= 0.3 is 0 Å². The topological polar surface area (TPSA) is 95.6 Å². The summed E-state index contributed by atoms with van der Waals surface area (Å²) < 4.78 is 27.6. The van der Waals surface area contributed by atoms with Crippen molar-refractivity contribution in [2.45, 2.75) is 35.9 Å². The van der Waals surface area contributed by atoms with Gasteiger partial charge in [-0.2, -0.15) is 0 Å². The molecule has 2 aromatic rings. The first-order valence-electron chi connectivity index (χ1n) is 9.72. The summed E-state index contributed by atoms with van der Waals surface area (Å²) in [7, 11) is -3.49. The molecular formula is C20H24ClN3O4S2. The molecule has 0 spiro atoms. The summed E-state index contributed by atoms with van der Waals surface area (Å²) in [5.41, 5.74) is 0.526. The third kappa shape index (κ3) is 6.28. The van der Waals surface area contributed by atoms with E-state index in [0.717, 1.165) is 0 Å². The molecular weight excluding hydrogens is 446 g/mol. The lowest BCUT2D eigenvalue weighted by Crippen LogP contribution is -2.46. The SMILES string of the molecule is O=C(NCCCC(=O)N1CCC(NS(=O)(=O)c2cccs2)CC1)c1ccc(Cl)cc1. The lowest BCUT2D eigenvalue weighted by molar-refractivity contribution is -0.132. The number of sulfonamides is 1. The van der Waals surface area contributed by atoms with Crippen LogP contribution in [0.15, 0.2) is 46.0 Å². The van der Waals surface area contributed by atoms with Gasteiger partial charge in [-0.3, -0.25) is 9.59 Å². The maximum atomic E-state index is 12.4. The molecule has 0 atom stereocenters. The van der Waals surface area contributed by atoms with Crippen molar-refractivity contribution in [3.63, 3.8) is 0 Å². The summed E-state index contributed by atoms with van der Waals surface area (Å²) in [5.74, 6) is -0.173. The largest absolute Gasteiger partial charge is 0.352 e. The van der Waals surface area contributed by atoms with Crippen molar-refractivity contribution in [1.29, 1.82) is 0 Å². The number of halogens is 1. The van der Waals surface area contributed by atoms with Gasteiger partial charge in [-0.15, -0.1) is 11.3 Å². The molecule has 0 radical (unpaired) electrons. The second-order valence-corrected chi connectivity index (χ2v) is 10.4. The first-order chi connectivity index (χ1) is 14.3. The van der Waals surface area contributed by atoms with Crippen molar-refractivity contribution in [1.82, 2.24) is 14.9 Å². The molecule has 1 aromatic carbocycles. The highest BCUT2D eigenvalue weighted by molar-refractivity contribution is 7.91. The number of likely N-dealkylation sites (tertiary alicyclic amines) is 1. The van der Waals surface area contributed by atoms with Gasteiger partial charge in [-0.05, 0) is 55.0 Å². The number of benzene rings is 1. The zero-order chi connectivity index (χ0) is 21.6. The molecule has 0 unspecified atom stereocenters. The van der Waals surface area contributed by atoms with Crippen LogP contribution in [0.1, 0.15) is 36.0 Å². The van der Waals surface area contributed by atoms with Gasteiger partial charge in [0, 0.05) is 42.7 Å². The van der Waals surface area contributed by atoms with Crippen molar-refractivity contribution in [3.05, 3.63) is 52.4 Å². The average molecular weight is 470 g/mol. The highest BCUT2D eigenvalue weighted by atomic mass is 35.5. The Morgan fingerprint density at radius 1 is 1.13 bits per heavy atom. The Hall–Kier alpha value is -1.94. The van der Waals surface area contributed by atoms with Crippen LogP contribution in [0.4, 0.5) is 0 Å². The number of nitrogens with zero attached hydrogens (tertiary/aromatic N) is 1. The van der Waals surface area contributed by atoms with Crippen LogP contribution in [0.2, 0.25) is 5.02 Å². The van der Waals surface area contributed by atoms with Crippen LogP contribution < -0.4 is 10.0 Å². The van der Waals surface area contributed by atoms with Crippen molar-refractivity contribution >= 4 is 44.8 Å². The maximum absolute atomic E-state index is 12.4. The molecule has 2 amide bonds. The summed E-state index contributed by atoms with van der Waals surface area (Å²) in [6.45, 7) is 1.45. The second kappa shape index (κ2) is 10.4. The van der Waals surface area contributed by atoms with E-state index in [2.05, 4.69) is 10.0 Å². The monoisotopic (exact) mass is 469 g/mol. The molecule has 30 heavy (non-hydrogen) atoms. The molecule has 1 aliphatic heterocycles. The highest BCUT2D eigenvalue weighted by Crippen LogP contribution is 2.19. The minimum atomic E-state index is -3.49. The molecule has 162 valence electrons. The first-order valence-corrected chi connectivity index (χ1v) is 12.5. The summed E-state index contributed by atoms with van der Waals surface area (Å²) in [6.07, 6.45) is 2.06. The summed E-state index contributed by atoms with van der Waals surface area (Å²) >= 11 is 6.99. The normalized spacial score (nSPS) is 15.2. The Morgan fingerprint density at radius 2 is 1.83 bits per heavy atom. The van der Waals surface area contributed by atoms with E-state index in [1.54, 1.807) is 46.7 Å². The number of rotatable bonds is 8. The third-order valence-corrected chi connectivity index (χ3v) is 8.06. The predicted molar refractivity (Wildman–Crippen MR) is 117 cm³/mol. The van der Waals surface area contributed by atoms with E-state index in [9.17, 15) is 18.0 Å². The van der Waals surface area contributed by atoms with E-state index < -0.39 is 10.0 Å². The molecule has 3 rings (SSSR count). The van der Waals surface area contributed by atoms with E-state index in [-0.39, 0.29) is 17.9 Å². The molecule has 1 fully saturated rings. The van der Waals surface area contributed by atoms with Gasteiger partial charge in [-0.1, -0.05) is 17.7 Å². The van der Waals surface area contributed by atoms with Gasteiger partial charge < -0.3 is 10.2 Å². The van der Waals surface area contributed by atoms with E-state index in [4.69, 9.17) is 11.6 Å². The first kappa shape index (κ1) is 22.7. The smallest absolute Gasteiger partial charge is 0.251 e. The molecule has 0 aliphatic carbocycles. The maximum Gasteiger partial charge on any atom is 0.251 e. The van der Waals surface area contributed by atoms with Crippen molar-refractivity contribution < 1.29 is 18.0 Å². The van der Waals surface area contributed by atoms with Crippen LogP contribution in [0, 0.1) is 0 Å². The predicted octanol–water partition coefficient (Wildman–Crippen LogP) is 2.88. The minimum absolute atomic E-state index is 0.0234. The molecule has 1 aliphatic rings. The Labute approximate surface area is 185 Å². The van der Waals surface area contributed by atoms with Crippen LogP contribution in [0.25, 0.3) is 0 Å². The van der Waals surface area contributed by atoms with Crippen LogP contribution in [0.5, 0.6) is 0 Å². The Bertz CT molecular complexity index is 954. The number of thiophene rings is 1. The number of amides is 2. The number of carbonyl (C=O) groups is 2. The van der Waals surface area contributed by atoms with Crippen LogP contribution in [0.3, 0.4) is 0 Å². The standard InChI is InChI=1S/C20H24ClN3O4S2/c21-16-7-5-15(6-8-16)20(26)22-11-1-3-18(25)24-12-9-17(10-13-24)23-30(27,28)19-4-2-14-29-19/h2,4-8,14,17,23H,1,3,9-13H2,(H,22,26). The van der Waals surface area contributed by atoms with Crippen molar-refractivity contribution in [2.24, 2.45) is 0 Å². The fourth-order valence-electron chi connectivity index (χ4n) is 3.24. The lowest BCUT2D eigenvalue weighted by atomic mass is 10.1. The van der Waals surface area contributed by atoms with Crippen molar-refractivity contribution in [2.75, 3.05) is 19.6 Å². The Balaban J connectivity index is 1.35. The van der Waals surface area contributed by atoms with Gasteiger partial charge in [0.1, 0.15) is 4.21 Å². The molecule has 2 N–H and O–H groups in total. The summed E-state index contributed by atoms with van der Waals surface area (Å²) in [4.78, 5) is 26.2. The summed E-state index contributed by atoms with van der Waals surface area (Å²) in [6, 6.07) is 9.74. The molecule has 10 heteroatoms. The molecule has 7 nitrogen and oxygen atoms in total. The fourth-order valence-corrected chi connectivity index (χ4v) is 5.68. The molecule has 1 saturated heterocycles. The zero-order valence-electron chi connectivity index (χ0n) is 16.3. The molecule has 0 bridgehead atoms. The lowest BCUT2D eigenvalue weighted by Gasteiger charge is -2.32.